The lowest BCUT2D eigenvalue weighted by Gasteiger charge is -2.32. The SMILES string of the molecule is C[C@@H]1CC2(CCNCC2)C(=O)N1C1=CC(=O)OC1. The van der Waals surface area contributed by atoms with Gasteiger partial charge in [0, 0.05) is 12.1 Å². The second-order valence-electron chi connectivity index (χ2n) is 5.50. The highest BCUT2D eigenvalue weighted by molar-refractivity contribution is 5.91. The first-order chi connectivity index (χ1) is 8.62. The summed E-state index contributed by atoms with van der Waals surface area (Å²) in [6, 6.07) is 0.163. The van der Waals surface area contributed by atoms with Crippen LogP contribution in [0, 0.1) is 5.41 Å². The van der Waals surface area contributed by atoms with Crippen molar-refractivity contribution in [3.63, 3.8) is 0 Å². The molecule has 5 nitrogen and oxygen atoms in total. The number of nitrogens with zero attached hydrogens (tertiary/aromatic N) is 1. The summed E-state index contributed by atoms with van der Waals surface area (Å²) in [5.74, 6) is -0.155. The number of piperidine rings is 1. The molecule has 0 saturated carbocycles. The van der Waals surface area contributed by atoms with E-state index in [0.29, 0.717) is 0 Å². The van der Waals surface area contributed by atoms with E-state index in [-0.39, 0.29) is 29.9 Å². The normalized spacial score (nSPS) is 30.8. The average Bonchev–Trinajstić information content (AvgIpc) is 2.85. The van der Waals surface area contributed by atoms with Gasteiger partial charge in [0.2, 0.25) is 5.91 Å². The van der Waals surface area contributed by atoms with Crippen LogP contribution in [-0.4, -0.2) is 42.5 Å². The molecular formula is C13H18N2O3. The van der Waals surface area contributed by atoms with Crippen LogP contribution in [0.2, 0.25) is 0 Å². The van der Waals surface area contributed by atoms with Crippen LogP contribution in [0.1, 0.15) is 26.2 Å². The van der Waals surface area contributed by atoms with Crippen molar-refractivity contribution in [2.45, 2.75) is 32.2 Å². The summed E-state index contributed by atoms with van der Waals surface area (Å²) in [7, 11) is 0. The molecule has 2 saturated heterocycles. The van der Waals surface area contributed by atoms with Gasteiger partial charge in [-0.3, -0.25) is 4.79 Å². The van der Waals surface area contributed by atoms with Gasteiger partial charge in [-0.15, -0.1) is 0 Å². The Morgan fingerprint density at radius 2 is 2.11 bits per heavy atom. The van der Waals surface area contributed by atoms with Crippen molar-refractivity contribution in [2.75, 3.05) is 19.7 Å². The molecule has 3 aliphatic heterocycles. The van der Waals surface area contributed by atoms with Crippen molar-refractivity contribution in [1.82, 2.24) is 10.2 Å². The van der Waals surface area contributed by atoms with E-state index in [1.165, 1.54) is 6.08 Å². The van der Waals surface area contributed by atoms with Crippen LogP contribution in [-0.2, 0) is 14.3 Å². The molecule has 0 radical (unpaired) electrons. The molecule has 1 N–H and O–H groups in total. The largest absolute Gasteiger partial charge is 0.456 e. The van der Waals surface area contributed by atoms with Crippen molar-refractivity contribution in [3.05, 3.63) is 11.8 Å². The summed E-state index contributed by atoms with van der Waals surface area (Å²) in [6.07, 6.45) is 4.14. The maximum atomic E-state index is 12.7. The molecular weight excluding hydrogens is 232 g/mol. The van der Waals surface area contributed by atoms with Crippen LogP contribution in [0.3, 0.4) is 0 Å². The Morgan fingerprint density at radius 1 is 1.39 bits per heavy atom. The van der Waals surface area contributed by atoms with E-state index in [4.69, 9.17) is 4.74 Å². The average molecular weight is 250 g/mol. The number of ether oxygens (including phenoxy) is 1. The number of cyclic esters (lactones) is 1. The third-order valence-electron chi connectivity index (χ3n) is 4.32. The fourth-order valence-electron chi connectivity index (χ4n) is 3.44. The Kier molecular flexibility index (Phi) is 2.66. The predicted molar refractivity (Wildman–Crippen MR) is 64.5 cm³/mol. The summed E-state index contributed by atoms with van der Waals surface area (Å²) in [5.41, 5.74) is 0.518. The van der Waals surface area contributed by atoms with E-state index in [9.17, 15) is 9.59 Å². The monoisotopic (exact) mass is 250 g/mol. The van der Waals surface area contributed by atoms with E-state index in [2.05, 4.69) is 12.2 Å². The van der Waals surface area contributed by atoms with Gasteiger partial charge in [-0.25, -0.2) is 4.79 Å². The van der Waals surface area contributed by atoms with Crippen LogP contribution in [0.15, 0.2) is 11.8 Å². The number of hydrogen-bond acceptors (Lipinski definition) is 4. The maximum Gasteiger partial charge on any atom is 0.333 e. The summed E-state index contributed by atoms with van der Waals surface area (Å²) < 4.78 is 4.91. The molecule has 1 amide bonds. The lowest BCUT2D eigenvalue weighted by molar-refractivity contribution is -0.138. The van der Waals surface area contributed by atoms with E-state index in [0.717, 1.165) is 38.0 Å². The van der Waals surface area contributed by atoms with Gasteiger partial charge in [-0.05, 0) is 39.3 Å². The number of carbonyl (C=O) groups excluding carboxylic acids is 2. The molecule has 3 rings (SSSR count). The first kappa shape index (κ1) is 11.7. The molecule has 0 aromatic carbocycles. The number of hydrogen-bond donors (Lipinski definition) is 1. The highest BCUT2D eigenvalue weighted by atomic mass is 16.5. The smallest absolute Gasteiger partial charge is 0.333 e. The van der Waals surface area contributed by atoms with Crippen LogP contribution in [0.4, 0.5) is 0 Å². The van der Waals surface area contributed by atoms with Crippen molar-refractivity contribution in [1.29, 1.82) is 0 Å². The summed E-state index contributed by atoms with van der Waals surface area (Å²) >= 11 is 0. The fraction of sp³-hybridized carbons (Fsp3) is 0.692. The second-order valence-corrected chi connectivity index (χ2v) is 5.50. The highest BCUT2D eigenvalue weighted by Gasteiger charge is 2.51. The van der Waals surface area contributed by atoms with Crippen LogP contribution >= 0.6 is 0 Å². The quantitative estimate of drug-likeness (QED) is 0.685. The predicted octanol–water partition coefficient (Wildman–Crippen LogP) is 0.418. The summed E-state index contributed by atoms with van der Waals surface area (Å²) in [6.45, 7) is 4.10. The molecule has 0 aromatic heterocycles. The Morgan fingerprint density at radius 3 is 2.72 bits per heavy atom. The standard InChI is InChI=1S/C13H18N2O3/c1-9-7-13(2-4-14-5-3-13)12(17)15(9)10-6-11(16)18-8-10/h6,9,14H,2-5,7-8H2,1H3/t9-/m1/s1. The summed E-state index contributed by atoms with van der Waals surface area (Å²) in [5, 5.41) is 3.30. The molecule has 98 valence electrons. The zero-order valence-corrected chi connectivity index (χ0v) is 10.6. The van der Waals surface area contributed by atoms with E-state index >= 15 is 0 Å². The Labute approximate surface area is 106 Å². The number of nitrogens with one attached hydrogen (secondary N) is 1. The van der Waals surface area contributed by atoms with Crippen LogP contribution in [0.5, 0.6) is 0 Å². The van der Waals surface area contributed by atoms with Gasteiger partial charge in [-0.2, -0.15) is 0 Å². The zero-order valence-electron chi connectivity index (χ0n) is 10.6. The van der Waals surface area contributed by atoms with Crippen molar-refractivity contribution < 1.29 is 14.3 Å². The minimum absolute atomic E-state index is 0.163. The van der Waals surface area contributed by atoms with Gasteiger partial charge in [0.05, 0.1) is 11.1 Å². The fourth-order valence-corrected chi connectivity index (χ4v) is 3.44. The third kappa shape index (κ3) is 1.65. The van der Waals surface area contributed by atoms with Crippen LogP contribution < -0.4 is 5.32 Å². The minimum Gasteiger partial charge on any atom is -0.456 e. The topological polar surface area (TPSA) is 58.6 Å². The Hall–Kier alpha value is -1.36. The Bertz CT molecular complexity index is 424. The lowest BCUT2D eigenvalue weighted by atomic mass is 9.77. The van der Waals surface area contributed by atoms with E-state index in [1.807, 2.05) is 0 Å². The molecule has 1 atom stereocenters. The van der Waals surface area contributed by atoms with Gasteiger partial charge in [-0.1, -0.05) is 0 Å². The first-order valence-electron chi connectivity index (χ1n) is 6.54. The second kappa shape index (κ2) is 4.09. The molecule has 0 aromatic rings. The minimum atomic E-state index is -0.337. The molecule has 2 fully saturated rings. The molecule has 0 aliphatic carbocycles. The van der Waals surface area contributed by atoms with E-state index in [1.54, 1.807) is 4.90 Å². The summed E-state index contributed by atoms with van der Waals surface area (Å²) in [4.78, 5) is 25.6. The lowest BCUT2D eigenvalue weighted by Crippen LogP contribution is -2.42. The molecule has 3 aliphatic rings. The van der Waals surface area contributed by atoms with Gasteiger partial charge in [0.15, 0.2) is 0 Å². The van der Waals surface area contributed by atoms with Crippen molar-refractivity contribution in [2.24, 2.45) is 5.41 Å². The van der Waals surface area contributed by atoms with Gasteiger partial charge in [0.1, 0.15) is 6.61 Å². The number of likely N-dealkylation sites (tertiary alicyclic amines) is 1. The van der Waals surface area contributed by atoms with Crippen molar-refractivity contribution in [3.8, 4) is 0 Å². The molecule has 5 heteroatoms. The maximum absolute atomic E-state index is 12.7. The zero-order chi connectivity index (χ0) is 12.8. The van der Waals surface area contributed by atoms with Gasteiger partial charge in [0.25, 0.3) is 0 Å². The van der Waals surface area contributed by atoms with Gasteiger partial charge < -0.3 is 15.0 Å². The molecule has 1 spiro atoms. The Balaban J connectivity index is 1.86. The number of carbonyl (C=O) groups is 2. The molecule has 0 bridgehead atoms. The number of amides is 1. The highest BCUT2D eigenvalue weighted by Crippen LogP contribution is 2.44. The van der Waals surface area contributed by atoms with Crippen LogP contribution in [0.25, 0.3) is 0 Å². The molecule has 18 heavy (non-hydrogen) atoms. The molecule has 3 heterocycles. The first-order valence-corrected chi connectivity index (χ1v) is 6.54. The third-order valence-corrected chi connectivity index (χ3v) is 4.32. The van der Waals surface area contributed by atoms with Gasteiger partial charge >= 0.3 is 5.97 Å². The number of esters is 1. The number of rotatable bonds is 1. The van der Waals surface area contributed by atoms with E-state index < -0.39 is 0 Å². The van der Waals surface area contributed by atoms with Crippen molar-refractivity contribution >= 4 is 11.9 Å². The molecule has 0 unspecified atom stereocenters.